The summed E-state index contributed by atoms with van der Waals surface area (Å²) in [5, 5.41) is 12.0. The van der Waals surface area contributed by atoms with E-state index in [2.05, 4.69) is 15.5 Å². The highest BCUT2D eigenvalue weighted by atomic mass is 35.5. The Labute approximate surface area is 184 Å². The molecule has 0 saturated heterocycles. The molecule has 0 unspecified atom stereocenters. The monoisotopic (exact) mass is 461 g/mol. The van der Waals surface area contributed by atoms with Crippen LogP contribution in [0.25, 0.3) is 21.5 Å². The largest absolute Gasteiger partial charge is 0.454 e. The number of halogens is 2. The molecule has 30 heavy (non-hydrogen) atoms. The van der Waals surface area contributed by atoms with Crippen LogP contribution in [0.4, 0.5) is 0 Å². The topological polar surface area (TPSA) is 94.3 Å². The summed E-state index contributed by atoms with van der Waals surface area (Å²) in [6, 6.07) is 14.3. The van der Waals surface area contributed by atoms with Crippen molar-refractivity contribution in [3.8, 4) is 11.5 Å². The van der Waals surface area contributed by atoms with Crippen molar-refractivity contribution in [3.05, 3.63) is 69.3 Å². The molecule has 0 aliphatic carbocycles. The Bertz CT molecular complexity index is 1220. The van der Waals surface area contributed by atoms with Gasteiger partial charge < -0.3 is 14.5 Å². The van der Waals surface area contributed by atoms with Crippen LogP contribution in [0.3, 0.4) is 0 Å². The number of carbonyl (C=O) groups is 2. The summed E-state index contributed by atoms with van der Waals surface area (Å²) >= 11 is 13.4. The molecule has 10 heteroatoms. The number of nitrogens with zero attached hydrogens (tertiary/aromatic N) is 2. The Morgan fingerprint density at radius 1 is 1.07 bits per heavy atom. The maximum Gasteiger partial charge on any atom is 0.325 e. The van der Waals surface area contributed by atoms with Crippen LogP contribution in [0.15, 0.2) is 52.9 Å². The van der Waals surface area contributed by atoms with Crippen LogP contribution >= 0.6 is 34.5 Å². The van der Waals surface area contributed by atoms with Gasteiger partial charge in [0.05, 0.1) is 5.02 Å². The van der Waals surface area contributed by atoms with Crippen molar-refractivity contribution in [2.75, 3.05) is 6.54 Å². The molecule has 0 atom stereocenters. The zero-order valence-corrected chi connectivity index (χ0v) is 17.6. The van der Waals surface area contributed by atoms with Crippen molar-refractivity contribution < 1.29 is 18.7 Å². The van der Waals surface area contributed by atoms with E-state index in [1.807, 2.05) is 24.3 Å². The van der Waals surface area contributed by atoms with Crippen LogP contribution in [0.1, 0.15) is 15.6 Å². The third-order valence-electron chi connectivity index (χ3n) is 4.05. The lowest BCUT2D eigenvalue weighted by atomic mass is 10.2. The first-order valence-electron chi connectivity index (χ1n) is 8.70. The number of nitrogens with one attached hydrogen (secondary N) is 1. The van der Waals surface area contributed by atoms with Crippen molar-refractivity contribution >= 4 is 56.5 Å². The standard InChI is InChI=1S/C20H13Cl2N3O4S/c21-12-7-5-11(6-8-12)20-25-24-15(29-20)10-28-16(26)9-23-19(27)18-17(22)13-3-1-2-4-14(13)30-18/h1-8H,9-10H2,(H,23,27). The normalized spacial score (nSPS) is 10.9. The molecule has 0 saturated carbocycles. The number of ether oxygens (including phenoxy) is 1. The summed E-state index contributed by atoms with van der Waals surface area (Å²) in [6.07, 6.45) is 0. The summed E-state index contributed by atoms with van der Waals surface area (Å²) in [6.45, 7) is -0.527. The zero-order chi connectivity index (χ0) is 21.1. The molecule has 4 aromatic rings. The maximum atomic E-state index is 12.4. The number of esters is 1. The van der Waals surface area contributed by atoms with Crippen LogP contribution in [-0.4, -0.2) is 28.6 Å². The molecule has 7 nitrogen and oxygen atoms in total. The van der Waals surface area contributed by atoms with E-state index in [9.17, 15) is 9.59 Å². The van der Waals surface area contributed by atoms with E-state index in [1.54, 1.807) is 24.3 Å². The van der Waals surface area contributed by atoms with Gasteiger partial charge in [0, 0.05) is 20.7 Å². The minimum Gasteiger partial charge on any atom is -0.454 e. The van der Waals surface area contributed by atoms with Gasteiger partial charge >= 0.3 is 5.97 Å². The van der Waals surface area contributed by atoms with Gasteiger partial charge in [0.1, 0.15) is 11.4 Å². The first-order chi connectivity index (χ1) is 14.5. The fraction of sp³-hybridized carbons (Fsp3) is 0.100. The molecule has 0 spiro atoms. The van der Waals surface area contributed by atoms with Gasteiger partial charge in [-0.3, -0.25) is 9.59 Å². The van der Waals surface area contributed by atoms with E-state index >= 15 is 0 Å². The third kappa shape index (κ3) is 4.46. The Balaban J connectivity index is 1.30. The fourth-order valence-corrected chi connectivity index (χ4v) is 4.17. The summed E-state index contributed by atoms with van der Waals surface area (Å²) in [7, 11) is 0. The summed E-state index contributed by atoms with van der Waals surface area (Å²) in [5.74, 6) is -0.676. The molecule has 0 aliphatic rings. The zero-order valence-electron chi connectivity index (χ0n) is 15.2. The Morgan fingerprint density at radius 3 is 2.60 bits per heavy atom. The maximum absolute atomic E-state index is 12.4. The van der Waals surface area contributed by atoms with E-state index in [4.69, 9.17) is 32.4 Å². The molecule has 2 aromatic carbocycles. The number of rotatable bonds is 6. The molecule has 1 N–H and O–H groups in total. The second-order valence-corrected chi connectivity index (χ2v) is 7.96. The van der Waals surface area contributed by atoms with Gasteiger partial charge in [-0.05, 0) is 30.3 Å². The van der Waals surface area contributed by atoms with Crippen molar-refractivity contribution in [2.45, 2.75) is 6.61 Å². The SMILES string of the molecule is O=C(CNC(=O)c1sc2ccccc2c1Cl)OCc1nnc(-c2ccc(Cl)cc2)o1. The number of aromatic nitrogens is 2. The predicted molar refractivity (Wildman–Crippen MR) is 114 cm³/mol. The van der Waals surface area contributed by atoms with Crippen LogP contribution < -0.4 is 5.32 Å². The lowest BCUT2D eigenvalue weighted by Crippen LogP contribution is -2.30. The van der Waals surface area contributed by atoms with Crippen LogP contribution in [0.2, 0.25) is 10.0 Å². The highest BCUT2D eigenvalue weighted by Crippen LogP contribution is 2.34. The average Bonchev–Trinajstić information content (AvgIpc) is 3.36. The highest BCUT2D eigenvalue weighted by molar-refractivity contribution is 7.21. The van der Waals surface area contributed by atoms with Crippen molar-refractivity contribution in [1.29, 1.82) is 0 Å². The van der Waals surface area contributed by atoms with Crippen molar-refractivity contribution in [1.82, 2.24) is 15.5 Å². The van der Waals surface area contributed by atoms with E-state index < -0.39 is 11.9 Å². The van der Waals surface area contributed by atoms with E-state index in [0.29, 0.717) is 20.5 Å². The fourth-order valence-electron chi connectivity index (χ4n) is 2.61. The molecule has 4 rings (SSSR count). The second kappa shape index (κ2) is 8.83. The highest BCUT2D eigenvalue weighted by Gasteiger charge is 2.18. The van der Waals surface area contributed by atoms with Crippen molar-refractivity contribution in [2.24, 2.45) is 0 Å². The molecule has 0 bridgehead atoms. The number of amides is 1. The Hall–Kier alpha value is -2.94. The quantitative estimate of drug-likeness (QED) is 0.417. The molecular formula is C20H13Cl2N3O4S. The molecule has 0 fully saturated rings. The first-order valence-corrected chi connectivity index (χ1v) is 10.3. The Morgan fingerprint density at radius 2 is 1.83 bits per heavy atom. The second-order valence-electron chi connectivity index (χ2n) is 6.09. The summed E-state index contributed by atoms with van der Waals surface area (Å²) in [5.41, 5.74) is 0.692. The van der Waals surface area contributed by atoms with Gasteiger partial charge in [0.2, 0.25) is 5.89 Å². The third-order valence-corrected chi connectivity index (χ3v) is 5.98. The predicted octanol–water partition coefficient (Wildman–Crippen LogP) is 4.73. The number of fused-ring (bicyclic) bond motifs is 1. The van der Waals surface area contributed by atoms with Gasteiger partial charge in [0.15, 0.2) is 6.61 Å². The van der Waals surface area contributed by atoms with Gasteiger partial charge in [0.25, 0.3) is 11.8 Å². The van der Waals surface area contributed by atoms with Crippen LogP contribution in [-0.2, 0) is 16.1 Å². The van der Waals surface area contributed by atoms with E-state index in [-0.39, 0.29) is 24.9 Å². The molecular weight excluding hydrogens is 449 g/mol. The Kier molecular flexibility index (Phi) is 5.98. The smallest absolute Gasteiger partial charge is 0.325 e. The van der Waals surface area contributed by atoms with Gasteiger partial charge in [-0.25, -0.2) is 0 Å². The minimum atomic E-state index is -0.646. The van der Waals surface area contributed by atoms with E-state index in [1.165, 1.54) is 11.3 Å². The molecule has 2 heterocycles. The number of hydrogen-bond acceptors (Lipinski definition) is 7. The number of carbonyl (C=O) groups excluding carboxylic acids is 2. The lowest BCUT2D eigenvalue weighted by molar-refractivity contribution is -0.144. The molecule has 0 radical (unpaired) electrons. The van der Waals surface area contributed by atoms with Crippen LogP contribution in [0, 0.1) is 0 Å². The molecule has 152 valence electrons. The van der Waals surface area contributed by atoms with E-state index in [0.717, 1.165) is 10.1 Å². The van der Waals surface area contributed by atoms with Gasteiger partial charge in [-0.15, -0.1) is 21.5 Å². The van der Waals surface area contributed by atoms with Gasteiger partial charge in [-0.1, -0.05) is 41.4 Å². The van der Waals surface area contributed by atoms with Crippen molar-refractivity contribution in [3.63, 3.8) is 0 Å². The molecule has 2 aromatic heterocycles. The first kappa shape index (κ1) is 20.3. The number of benzene rings is 2. The minimum absolute atomic E-state index is 0.132. The molecule has 0 aliphatic heterocycles. The van der Waals surface area contributed by atoms with Crippen LogP contribution in [0.5, 0.6) is 0 Å². The molecule has 1 amide bonds. The number of thiophene rings is 1. The summed E-state index contributed by atoms with van der Waals surface area (Å²) < 4.78 is 11.4. The van der Waals surface area contributed by atoms with Gasteiger partial charge in [-0.2, -0.15) is 0 Å². The summed E-state index contributed by atoms with van der Waals surface area (Å²) in [4.78, 5) is 24.6. The lowest BCUT2D eigenvalue weighted by Gasteiger charge is -2.04. The average molecular weight is 462 g/mol. The number of hydrogen-bond donors (Lipinski definition) is 1.